The molecule has 8 heteroatoms. The molecule has 0 bridgehead atoms. The molecule has 152 valence electrons. The number of methoxy groups -OCH3 is 2. The van der Waals surface area contributed by atoms with Crippen LogP contribution in [0.15, 0.2) is 24.3 Å². The lowest BCUT2D eigenvalue weighted by Crippen LogP contribution is -2.19. The molecule has 0 saturated carbocycles. The van der Waals surface area contributed by atoms with Crippen molar-refractivity contribution in [1.82, 2.24) is 4.57 Å². The molecule has 3 aromatic rings. The van der Waals surface area contributed by atoms with Crippen molar-refractivity contribution in [3.63, 3.8) is 0 Å². The minimum Gasteiger partial charge on any atom is -0.465 e. The number of hydrogen-bond donors (Lipinski definition) is 1. The van der Waals surface area contributed by atoms with Crippen LogP contribution >= 0.6 is 11.3 Å². The van der Waals surface area contributed by atoms with Crippen molar-refractivity contribution < 1.29 is 23.9 Å². The Morgan fingerprint density at radius 1 is 1.03 bits per heavy atom. The number of ether oxygens (including phenoxy) is 2. The summed E-state index contributed by atoms with van der Waals surface area (Å²) in [6, 6.07) is 7.79. The predicted molar refractivity (Wildman–Crippen MR) is 112 cm³/mol. The lowest BCUT2D eigenvalue weighted by atomic mass is 10.1. The van der Waals surface area contributed by atoms with Gasteiger partial charge in [-0.1, -0.05) is 18.2 Å². The molecule has 0 spiro atoms. The summed E-state index contributed by atoms with van der Waals surface area (Å²) in [5, 5.41) is 4.06. The zero-order chi connectivity index (χ0) is 21.3. The van der Waals surface area contributed by atoms with E-state index in [0.717, 1.165) is 27.8 Å². The fraction of sp³-hybridized carbons (Fsp3) is 0.286. The number of nitrogens with one attached hydrogen (secondary N) is 1. The average molecular weight is 414 g/mol. The first-order chi connectivity index (χ1) is 13.8. The Morgan fingerprint density at radius 2 is 1.69 bits per heavy atom. The van der Waals surface area contributed by atoms with Crippen molar-refractivity contribution in [3.8, 4) is 0 Å². The molecule has 0 aliphatic heterocycles. The molecule has 2 aromatic heterocycles. The molecular formula is C21H22N2O5S. The van der Waals surface area contributed by atoms with Crippen LogP contribution in [-0.4, -0.2) is 36.6 Å². The second-order valence-corrected chi connectivity index (χ2v) is 7.45. The number of aryl methyl sites for hydroxylation is 2. The quantitative estimate of drug-likeness (QED) is 0.634. The molecule has 0 radical (unpaired) electrons. The molecule has 29 heavy (non-hydrogen) atoms. The van der Waals surface area contributed by atoms with Crippen molar-refractivity contribution in [2.45, 2.75) is 27.3 Å². The Labute approximate surface area is 172 Å². The topological polar surface area (TPSA) is 86.6 Å². The van der Waals surface area contributed by atoms with E-state index >= 15 is 0 Å². The summed E-state index contributed by atoms with van der Waals surface area (Å²) in [5.41, 5.74) is 2.89. The van der Waals surface area contributed by atoms with Crippen molar-refractivity contribution in [3.05, 3.63) is 51.5 Å². The van der Waals surface area contributed by atoms with Crippen molar-refractivity contribution >= 4 is 45.1 Å². The van der Waals surface area contributed by atoms with Gasteiger partial charge in [-0.05, 0) is 38.0 Å². The van der Waals surface area contributed by atoms with Gasteiger partial charge >= 0.3 is 11.9 Å². The Hall–Kier alpha value is -3.13. The Balaban J connectivity index is 2.10. The standard InChI is InChI=1S/C21H22N2O5S/c1-6-23-14-10-8-7-9-13(14)11(2)16(23)18(24)22-19-15(20(25)27-4)12(3)17(29-19)21(26)28-5/h7-10H,6H2,1-5H3,(H,22,24). The van der Waals surface area contributed by atoms with Gasteiger partial charge in [-0.2, -0.15) is 0 Å². The molecule has 3 rings (SSSR count). The third-order valence-electron chi connectivity index (χ3n) is 4.89. The first-order valence-corrected chi connectivity index (χ1v) is 9.86. The summed E-state index contributed by atoms with van der Waals surface area (Å²) in [6.45, 7) is 6.09. The number of carbonyl (C=O) groups excluding carboxylic acids is 3. The molecule has 1 aromatic carbocycles. The van der Waals surface area contributed by atoms with Crippen LogP contribution in [-0.2, 0) is 16.0 Å². The number of anilines is 1. The fourth-order valence-electron chi connectivity index (χ4n) is 3.50. The second kappa shape index (κ2) is 8.08. The first kappa shape index (κ1) is 20.6. The number of aromatic nitrogens is 1. The molecule has 0 aliphatic carbocycles. The number of esters is 2. The monoisotopic (exact) mass is 414 g/mol. The number of carbonyl (C=O) groups is 3. The predicted octanol–water partition coefficient (Wildman–Crippen LogP) is 4.17. The van der Waals surface area contributed by atoms with Crippen LogP contribution in [0.5, 0.6) is 0 Å². The lowest BCUT2D eigenvalue weighted by Gasteiger charge is -2.10. The van der Waals surface area contributed by atoms with Crippen molar-refractivity contribution in [1.29, 1.82) is 0 Å². The molecule has 0 fully saturated rings. The van der Waals surface area contributed by atoms with Crippen LogP contribution in [0, 0.1) is 13.8 Å². The average Bonchev–Trinajstić information content (AvgIpc) is 3.20. The number of nitrogens with zero attached hydrogens (tertiary/aromatic N) is 1. The largest absolute Gasteiger partial charge is 0.465 e. The maximum absolute atomic E-state index is 13.2. The number of fused-ring (bicyclic) bond motifs is 1. The maximum Gasteiger partial charge on any atom is 0.348 e. The number of hydrogen-bond acceptors (Lipinski definition) is 6. The van der Waals surface area contributed by atoms with Gasteiger partial charge in [0, 0.05) is 17.4 Å². The summed E-state index contributed by atoms with van der Waals surface area (Å²) in [6.07, 6.45) is 0. The van der Waals surface area contributed by atoms with Gasteiger partial charge in [-0.15, -0.1) is 11.3 Å². The second-order valence-electron chi connectivity index (χ2n) is 6.43. The van der Waals surface area contributed by atoms with E-state index < -0.39 is 11.9 Å². The van der Waals surface area contributed by atoms with E-state index in [1.54, 1.807) is 6.92 Å². The SMILES string of the molecule is CCn1c(C(=O)Nc2sc(C(=O)OC)c(C)c2C(=O)OC)c(C)c2ccccc21. The number of amides is 1. The number of thiophene rings is 1. The summed E-state index contributed by atoms with van der Waals surface area (Å²) >= 11 is 0.995. The molecule has 2 heterocycles. The van der Waals surface area contributed by atoms with Gasteiger partial charge in [0.25, 0.3) is 5.91 Å². The van der Waals surface area contributed by atoms with Crippen LogP contribution in [0.4, 0.5) is 5.00 Å². The van der Waals surface area contributed by atoms with Gasteiger partial charge in [-0.25, -0.2) is 9.59 Å². The number of para-hydroxylation sites is 1. The van der Waals surface area contributed by atoms with Gasteiger partial charge in [0.2, 0.25) is 0 Å². The first-order valence-electron chi connectivity index (χ1n) is 9.04. The highest BCUT2D eigenvalue weighted by Gasteiger charge is 2.28. The zero-order valence-corrected chi connectivity index (χ0v) is 17.7. The smallest absolute Gasteiger partial charge is 0.348 e. The van der Waals surface area contributed by atoms with Gasteiger partial charge in [0.15, 0.2) is 0 Å². The molecule has 0 saturated heterocycles. The van der Waals surface area contributed by atoms with Crippen molar-refractivity contribution in [2.24, 2.45) is 0 Å². The van der Waals surface area contributed by atoms with Gasteiger partial charge in [0.1, 0.15) is 15.6 Å². The highest BCUT2D eigenvalue weighted by Crippen LogP contribution is 2.35. The Morgan fingerprint density at radius 3 is 2.31 bits per heavy atom. The Bertz CT molecular complexity index is 1130. The fourth-order valence-corrected chi connectivity index (χ4v) is 4.61. The summed E-state index contributed by atoms with van der Waals surface area (Å²) in [7, 11) is 2.52. The third-order valence-corrected chi connectivity index (χ3v) is 6.08. The van der Waals surface area contributed by atoms with E-state index in [1.165, 1.54) is 14.2 Å². The molecular weight excluding hydrogens is 392 g/mol. The third kappa shape index (κ3) is 3.40. The van der Waals surface area contributed by atoms with E-state index in [2.05, 4.69) is 5.32 Å². The summed E-state index contributed by atoms with van der Waals surface area (Å²) < 4.78 is 11.6. The maximum atomic E-state index is 13.2. The number of benzene rings is 1. The highest BCUT2D eigenvalue weighted by molar-refractivity contribution is 7.18. The zero-order valence-electron chi connectivity index (χ0n) is 16.9. The van der Waals surface area contributed by atoms with Crippen LogP contribution in [0.25, 0.3) is 10.9 Å². The highest BCUT2D eigenvalue weighted by atomic mass is 32.1. The van der Waals surface area contributed by atoms with Gasteiger partial charge in [0.05, 0.1) is 19.8 Å². The molecule has 0 unspecified atom stereocenters. The van der Waals surface area contributed by atoms with E-state index in [9.17, 15) is 14.4 Å². The van der Waals surface area contributed by atoms with E-state index in [-0.39, 0.29) is 21.3 Å². The molecule has 0 aliphatic rings. The van der Waals surface area contributed by atoms with Crippen LogP contribution in [0.3, 0.4) is 0 Å². The molecule has 0 atom stereocenters. The molecule has 1 amide bonds. The molecule has 7 nitrogen and oxygen atoms in total. The van der Waals surface area contributed by atoms with Gasteiger partial charge in [-0.3, -0.25) is 4.79 Å². The minimum absolute atomic E-state index is 0.156. The number of rotatable bonds is 5. The summed E-state index contributed by atoms with van der Waals surface area (Å²) in [4.78, 5) is 37.8. The van der Waals surface area contributed by atoms with E-state index in [1.807, 2.05) is 42.7 Å². The normalized spacial score (nSPS) is 10.8. The molecule has 1 N–H and O–H groups in total. The van der Waals surface area contributed by atoms with Gasteiger partial charge < -0.3 is 19.4 Å². The van der Waals surface area contributed by atoms with E-state index in [0.29, 0.717) is 17.8 Å². The van der Waals surface area contributed by atoms with Crippen LogP contribution in [0.2, 0.25) is 0 Å². The lowest BCUT2D eigenvalue weighted by molar-refractivity contribution is 0.0601. The Kier molecular flexibility index (Phi) is 5.74. The van der Waals surface area contributed by atoms with E-state index in [4.69, 9.17) is 9.47 Å². The van der Waals surface area contributed by atoms with Crippen LogP contribution < -0.4 is 5.32 Å². The minimum atomic E-state index is -0.628. The van der Waals surface area contributed by atoms with Crippen LogP contribution in [0.1, 0.15) is 48.6 Å². The van der Waals surface area contributed by atoms with Crippen molar-refractivity contribution in [2.75, 3.05) is 19.5 Å². The summed E-state index contributed by atoms with van der Waals surface area (Å²) in [5.74, 6) is -1.56.